The molecule has 0 aliphatic heterocycles. The molecule has 0 atom stereocenters. The number of halogens is 5. The fourth-order valence-corrected chi connectivity index (χ4v) is 1.75. The Balaban J connectivity index is 3.04. The van der Waals surface area contributed by atoms with Crippen LogP contribution in [0, 0.1) is 5.82 Å². The number of ketones is 1. The zero-order chi connectivity index (χ0) is 15.5. The smallest absolute Gasteiger partial charge is 0.298 e. The van der Waals surface area contributed by atoms with Crippen LogP contribution in [0.4, 0.5) is 17.6 Å². The molecule has 1 aromatic heterocycles. The van der Waals surface area contributed by atoms with E-state index in [1.807, 2.05) is 0 Å². The fourth-order valence-electron chi connectivity index (χ4n) is 1.57. The van der Waals surface area contributed by atoms with Gasteiger partial charge in [0.2, 0.25) is 5.82 Å². The van der Waals surface area contributed by atoms with Crippen LogP contribution in [0.15, 0.2) is 4.79 Å². The van der Waals surface area contributed by atoms with E-state index in [0.29, 0.717) is 4.57 Å². The van der Waals surface area contributed by atoms with E-state index in [9.17, 15) is 27.2 Å². The van der Waals surface area contributed by atoms with Crippen molar-refractivity contribution in [2.24, 2.45) is 0 Å². The topological polar surface area (TPSA) is 52.0 Å². The molecule has 0 bridgehead atoms. The number of aromatic nitrogens is 2. The fraction of sp³-hybridized carbons (Fsp3) is 0.545. The number of hydrogen-bond donors (Lipinski definition) is 0. The molecular formula is C11H11ClF4N2O2. The zero-order valence-corrected chi connectivity index (χ0v) is 11.2. The average molecular weight is 315 g/mol. The highest BCUT2D eigenvalue weighted by Gasteiger charge is 2.26. The minimum Gasteiger partial charge on any atom is -0.298 e. The Bertz CT molecular complexity index is 569. The lowest BCUT2D eigenvalue weighted by Crippen LogP contribution is -2.30. The zero-order valence-electron chi connectivity index (χ0n) is 10.4. The van der Waals surface area contributed by atoms with Crippen molar-refractivity contribution in [3.63, 3.8) is 0 Å². The van der Waals surface area contributed by atoms with Crippen molar-refractivity contribution in [2.45, 2.75) is 38.9 Å². The molecule has 0 aliphatic rings. The first-order chi connectivity index (χ1) is 9.11. The molecule has 1 rings (SSSR count). The number of hydrogen-bond acceptors (Lipinski definition) is 3. The minimum atomic E-state index is -4.34. The van der Waals surface area contributed by atoms with E-state index in [4.69, 9.17) is 11.6 Å². The molecule has 0 unspecified atom stereocenters. The van der Waals surface area contributed by atoms with Gasteiger partial charge in [0.15, 0.2) is 5.15 Å². The molecule has 4 nitrogen and oxygen atoms in total. The number of Topliss-reactive ketones (excluding diaryl/α,β-unsaturated/α-hetero) is 1. The van der Waals surface area contributed by atoms with Gasteiger partial charge in [-0.3, -0.25) is 14.2 Å². The third-order valence-electron chi connectivity index (χ3n) is 2.39. The maximum atomic E-state index is 13.3. The average Bonchev–Trinajstić information content (AvgIpc) is 2.29. The molecule has 0 saturated heterocycles. The summed E-state index contributed by atoms with van der Waals surface area (Å²) in [5, 5.41) is -0.711. The first kappa shape index (κ1) is 16.6. The van der Waals surface area contributed by atoms with Crippen LogP contribution in [0.3, 0.4) is 0 Å². The summed E-state index contributed by atoms with van der Waals surface area (Å²) in [6.45, 7) is 0.708. The van der Waals surface area contributed by atoms with E-state index in [0.717, 1.165) is 0 Å². The van der Waals surface area contributed by atoms with Crippen LogP contribution in [-0.4, -0.2) is 21.5 Å². The third kappa shape index (κ3) is 4.59. The van der Waals surface area contributed by atoms with Crippen molar-refractivity contribution < 1.29 is 22.4 Å². The normalized spacial score (nSPS) is 11.7. The Morgan fingerprint density at radius 3 is 2.50 bits per heavy atom. The highest BCUT2D eigenvalue weighted by atomic mass is 35.5. The first-order valence-corrected chi connectivity index (χ1v) is 6.00. The molecule has 9 heteroatoms. The maximum absolute atomic E-state index is 13.3. The van der Waals surface area contributed by atoms with Gasteiger partial charge in [0.1, 0.15) is 11.6 Å². The van der Waals surface area contributed by atoms with Gasteiger partial charge >= 0.3 is 6.18 Å². The molecule has 0 aromatic carbocycles. The molecule has 0 radical (unpaired) electrons. The summed E-state index contributed by atoms with van der Waals surface area (Å²) in [4.78, 5) is 26.2. The molecule has 1 aromatic rings. The van der Waals surface area contributed by atoms with Gasteiger partial charge < -0.3 is 0 Å². The van der Waals surface area contributed by atoms with E-state index in [1.165, 1.54) is 6.92 Å². The quantitative estimate of drug-likeness (QED) is 0.620. The van der Waals surface area contributed by atoms with E-state index >= 15 is 0 Å². The lowest BCUT2D eigenvalue weighted by atomic mass is 10.2. The summed E-state index contributed by atoms with van der Waals surface area (Å²) in [5.41, 5.74) is -1.16. The second-order valence-corrected chi connectivity index (χ2v) is 4.55. The van der Waals surface area contributed by atoms with Crippen molar-refractivity contribution >= 4 is 17.4 Å². The number of carbonyl (C=O) groups is 1. The highest BCUT2D eigenvalue weighted by Crippen LogP contribution is 2.22. The number of rotatable bonds is 5. The Morgan fingerprint density at radius 1 is 1.40 bits per heavy atom. The van der Waals surface area contributed by atoms with Gasteiger partial charge in [-0.1, -0.05) is 11.6 Å². The van der Waals surface area contributed by atoms with Gasteiger partial charge in [0.05, 0.1) is 6.54 Å². The largest absolute Gasteiger partial charge is 0.389 e. The Hall–Kier alpha value is -1.44. The lowest BCUT2D eigenvalue weighted by molar-refractivity contribution is -0.135. The van der Waals surface area contributed by atoms with Crippen LogP contribution in [0.2, 0.25) is 5.15 Å². The minimum absolute atomic E-state index is 0.138. The van der Waals surface area contributed by atoms with Crippen molar-refractivity contribution in [1.29, 1.82) is 0 Å². The van der Waals surface area contributed by atoms with Crippen molar-refractivity contribution in [3.8, 4) is 0 Å². The SMILES string of the molecule is CC(=O)Cn1c(CCCC(F)(F)F)nc(Cl)c(F)c1=O. The van der Waals surface area contributed by atoms with Crippen LogP contribution >= 0.6 is 11.6 Å². The molecular weight excluding hydrogens is 304 g/mol. The Kier molecular flexibility index (Phi) is 5.27. The molecule has 0 spiro atoms. The molecule has 112 valence electrons. The lowest BCUT2D eigenvalue weighted by Gasteiger charge is -2.12. The molecule has 0 N–H and O–H groups in total. The summed E-state index contributed by atoms with van der Waals surface area (Å²) in [7, 11) is 0. The number of carbonyl (C=O) groups excluding carboxylic acids is 1. The van der Waals surface area contributed by atoms with E-state index in [-0.39, 0.29) is 18.7 Å². The van der Waals surface area contributed by atoms with Crippen molar-refractivity contribution in [1.82, 2.24) is 9.55 Å². The number of nitrogens with zero attached hydrogens (tertiary/aromatic N) is 2. The van der Waals surface area contributed by atoms with Crippen LogP contribution in [0.1, 0.15) is 25.6 Å². The van der Waals surface area contributed by atoms with Gasteiger partial charge in [-0.15, -0.1) is 0 Å². The van der Waals surface area contributed by atoms with Crippen LogP contribution < -0.4 is 5.56 Å². The number of aryl methyl sites for hydroxylation is 1. The predicted octanol–water partition coefficient (Wildman–Crippen LogP) is 2.51. The number of alkyl halides is 3. The summed E-state index contributed by atoms with van der Waals surface area (Å²) in [6, 6.07) is 0. The Labute approximate surface area is 116 Å². The van der Waals surface area contributed by atoms with E-state index in [1.54, 1.807) is 0 Å². The molecule has 1 heterocycles. The van der Waals surface area contributed by atoms with Crippen LogP contribution in [-0.2, 0) is 17.8 Å². The maximum Gasteiger partial charge on any atom is 0.389 e. The summed E-state index contributed by atoms with van der Waals surface area (Å²) in [6.07, 6.45) is -5.98. The van der Waals surface area contributed by atoms with Crippen LogP contribution in [0.5, 0.6) is 0 Å². The van der Waals surface area contributed by atoms with Crippen LogP contribution in [0.25, 0.3) is 0 Å². The van der Waals surface area contributed by atoms with E-state index < -0.39 is 41.5 Å². The van der Waals surface area contributed by atoms with Crippen molar-refractivity contribution in [3.05, 3.63) is 27.1 Å². The van der Waals surface area contributed by atoms with Gasteiger partial charge in [0, 0.05) is 12.8 Å². The van der Waals surface area contributed by atoms with Gasteiger partial charge in [-0.25, -0.2) is 4.98 Å². The summed E-state index contributed by atoms with van der Waals surface area (Å²) >= 11 is 5.39. The van der Waals surface area contributed by atoms with Gasteiger partial charge in [-0.05, 0) is 13.3 Å². The van der Waals surface area contributed by atoms with Gasteiger partial charge in [-0.2, -0.15) is 17.6 Å². The third-order valence-corrected chi connectivity index (χ3v) is 2.64. The van der Waals surface area contributed by atoms with Gasteiger partial charge in [0.25, 0.3) is 5.56 Å². The van der Waals surface area contributed by atoms with Crippen molar-refractivity contribution in [2.75, 3.05) is 0 Å². The monoisotopic (exact) mass is 314 g/mol. The Morgan fingerprint density at radius 2 is 2.00 bits per heavy atom. The second kappa shape index (κ2) is 6.34. The van der Waals surface area contributed by atoms with E-state index in [2.05, 4.69) is 4.98 Å². The summed E-state index contributed by atoms with van der Waals surface area (Å²) < 4.78 is 50.2. The second-order valence-electron chi connectivity index (χ2n) is 4.19. The first-order valence-electron chi connectivity index (χ1n) is 5.62. The molecule has 0 amide bonds. The predicted molar refractivity (Wildman–Crippen MR) is 63.1 cm³/mol. The molecule has 0 aliphatic carbocycles. The summed E-state index contributed by atoms with van der Waals surface area (Å²) in [5.74, 6) is -1.92. The molecule has 20 heavy (non-hydrogen) atoms. The molecule has 0 saturated carbocycles. The standard InChI is InChI=1S/C11H11ClF4N2O2/c1-6(19)5-18-7(3-2-4-11(14,15)16)17-9(12)8(13)10(18)20/h2-5H2,1H3. The highest BCUT2D eigenvalue weighted by molar-refractivity contribution is 6.29. The molecule has 0 fully saturated rings.